The number of methoxy groups -OCH3 is 3. The Bertz CT molecular complexity index is 1240. The minimum absolute atomic E-state index is 0.185. The highest BCUT2D eigenvalue weighted by Crippen LogP contribution is 2.28. The number of piperidine rings is 1. The molecule has 1 fully saturated rings. The second-order valence-corrected chi connectivity index (χ2v) is 8.61. The van der Waals surface area contributed by atoms with Crippen LogP contribution in [0.4, 0.5) is 11.5 Å². The molecule has 0 spiro atoms. The quantitative estimate of drug-likeness (QED) is 0.366. The summed E-state index contributed by atoms with van der Waals surface area (Å²) in [4.78, 5) is 11.6. The number of imidazole rings is 1. The van der Waals surface area contributed by atoms with E-state index in [-0.39, 0.29) is 6.29 Å². The molecule has 5 rings (SSSR count). The number of benzene rings is 1. The van der Waals surface area contributed by atoms with Gasteiger partial charge in [0, 0.05) is 58.0 Å². The van der Waals surface area contributed by atoms with Crippen molar-refractivity contribution in [1.29, 1.82) is 0 Å². The summed E-state index contributed by atoms with van der Waals surface area (Å²) in [5.74, 6) is 1.51. The zero-order chi connectivity index (χ0) is 24.2. The van der Waals surface area contributed by atoms with Crippen LogP contribution >= 0.6 is 0 Å². The van der Waals surface area contributed by atoms with Gasteiger partial charge >= 0.3 is 0 Å². The second kappa shape index (κ2) is 10.4. The smallest absolute Gasteiger partial charge is 0.180 e. The van der Waals surface area contributed by atoms with E-state index in [0.29, 0.717) is 11.9 Å². The highest BCUT2D eigenvalue weighted by atomic mass is 16.7. The van der Waals surface area contributed by atoms with E-state index in [1.807, 2.05) is 53.5 Å². The third kappa shape index (κ3) is 5.00. The number of hydrogen-bond donors (Lipinski definition) is 1. The van der Waals surface area contributed by atoms with Gasteiger partial charge in [0.05, 0.1) is 36.9 Å². The summed E-state index contributed by atoms with van der Waals surface area (Å²) in [7, 11) is 5.02. The van der Waals surface area contributed by atoms with Crippen LogP contribution in [0.5, 0.6) is 5.75 Å². The molecular formula is C25H31N7O3. The molecular weight excluding hydrogens is 446 g/mol. The molecule has 3 aromatic heterocycles. The van der Waals surface area contributed by atoms with Gasteiger partial charge in [-0.3, -0.25) is 14.0 Å². The van der Waals surface area contributed by atoms with Crippen LogP contribution in [0, 0.1) is 0 Å². The Hall–Kier alpha value is -3.47. The largest absolute Gasteiger partial charge is 0.497 e. The summed E-state index contributed by atoms with van der Waals surface area (Å²) in [5.41, 5.74) is 3.64. The molecule has 0 atom stereocenters. The van der Waals surface area contributed by atoms with Gasteiger partial charge in [0.1, 0.15) is 5.75 Å². The van der Waals surface area contributed by atoms with Crippen molar-refractivity contribution in [3.8, 4) is 17.0 Å². The fourth-order valence-electron chi connectivity index (χ4n) is 4.54. The van der Waals surface area contributed by atoms with Crippen molar-refractivity contribution >= 4 is 17.2 Å². The van der Waals surface area contributed by atoms with Crippen molar-refractivity contribution in [2.75, 3.05) is 46.3 Å². The Labute approximate surface area is 204 Å². The Morgan fingerprint density at radius 2 is 1.80 bits per heavy atom. The van der Waals surface area contributed by atoms with Crippen LogP contribution in [0.25, 0.3) is 16.9 Å². The molecule has 0 radical (unpaired) electrons. The Kier molecular flexibility index (Phi) is 6.94. The van der Waals surface area contributed by atoms with E-state index in [0.717, 1.165) is 60.8 Å². The standard InChI is InChI=1S/C25H31N7O3/c1-33-21-6-4-18(5-7-21)22-15-27-24(25-26-10-13-31(22)25)29-19-14-28-32(16-19)20-8-11-30(12-9-20)17-23(34-2)35-3/h4-7,10,13-16,20,23H,8-9,11-12,17H2,1-3H3,(H,27,29). The van der Waals surface area contributed by atoms with E-state index in [1.165, 1.54) is 0 Å². The third-order valence-electron chi connectivity index (χ3n) is 6.54. The first-order chi connectivity index (χ1) is 17.2. The minimum atomic E-state index is -0.185. The molecule has 0 bridgehead atoms. The van der Waals surface area contributed by atoms with Gasteiger partial charge in [-0.1, -0.05) is 0 Å². The maximum atomic E-state index is 5.33. The third-order valence-corrected chi connectivity index (χ3v) is 6.54. The van der Waals surface area contributed by atoms with Crippen molar-refractivity contribution in [3.05, 3.63) is 55.2 Å². The molecule has 1 N–H and O–H groups in total. The molecule has 4 aromatic rings. The van der Waals surface area contributed by atoms with Gasteiger partial charge in [0.25, 0.3) is 0 Å². The van der Waals surface area contributed by atoms with Crippen LogP contribution in [-0.2, 0) is 9.47 Å². The molecule has 1 saturated heterocycles. The van der Waals surface area contributed by atoms with E-state index in [9.17, 15) is 0 Å². The number of hydrogen-bond acceptors (Lipinski definition) is 8. The van der Waals surface area contributed by atoms with Gasteiger partial charge in [-0.15, -0.1) is 0 Å². The average molecular weight is 478 g/mol. The maximum Gasteiger partial charge on any atom is 0.180 e. The van der Waals surface area contributed by atoms with Gasteiger partial charge in [-0.05, 0) is 37.1 Å². The molecule has 10 nitrogen and oxygen atoms in total. The number of anilines is 2. The van der Waals surface area contributed by atoms with Crippen LogP contribution in [0.15, 0.2) is 55.2 Å². The second-order valence-electron chi connectivity index (χ2n) is 8.61. The number of nitrogens with one attached hydrogen (secondary N) is 1. The average Bonchev–Trinajstić information content (AvgIpc) is 3.58. The summed E-state index contributed by atoms with van der Waals surface area (Å²) < 4.78 is 20.0. The molecule has 1 aliphatic rings. The van der Waals surface area contributed by atoms with E-state index in [2.05, 4.69) is 30.0 Å². The summed E-state index contributed by atoms with van der Waals surface area (Å²) in [6.07, 6.45) is 11.3. The maximum absolute atomic E-state index is 5.33. The van der Waals surface area contributed by atoms with E-state index in [1.54, 1.807) is 27.5 Å². The van der Waals surface area contributed by atoms with Crippen LogP contribution in [-0.4, -0.2) is 76.3 Å². The summed E-state index contributed by atoms with van der Waals surface area (Å²) in [6.45, 7) is 2.75. The number of nitrogens with zero attached hydrogens (tertiary/aromatic N) is 6. The number of aromatic nitrogens is 5. The SMILES string of the molecule is COc1ccc(-c2cnc(Nc3cnn(C4CCN(CC(OC)OC)CC4)c3)c3nccn23)cc1. The first-order valence-electron chi connectivity index (χ1n) is 11.7. The predicted molar refractivity (Wildman–Crippen MR) is 133 cm³/mol. The molecule has 0 saturated carbocycles. The van der Waals surface area contributed by atoms with Gasteiger partial charge in [0.15, 0.2) is 17.8 Å². The minimum Gasteiger partial charge on any atom is -0.497 e. The Morgan fingerprint density at radius 3 is 2.51 bits per heavy atom. The highest BCUT2D eigenvalue weighted by molar-refractivity contribution is 5.73. The topological polar surface area (TPSA) is 91.0 Å². The number of ether oxygens (including phenoxy) is 3. The van der Waals surface area contributed by atoms with E-state index < -0.39 is 0 Å². The monoisotopic (exact) mass is 477 g/mol. The highest BCUT2D eigenvalue weighted by Gasteiger charge is 2.23. The molecule has 35 heavy (non-hydrogen) atoms. The molecule has 0 amide bonds. The van der Waals surface area contributed by atoms with Gasteiger partial charge < -0.3 is 19.5 Å². The fraction of sp³-hybridized carbons (Fsp3) is 0.400. The van der Waals surface area contributed by atoms with E-state index in [4.69, 9.17) is 14.2 Å². The molecule has 0 aliphatic carbocycles. The van der Waals surface area contributed by atoms with Crippen molar-refractivity contribution in [1.82, 2.24) is 29.0 Å². The number of rotatable bonds is 9. The molecule has 0 unspecified atom stereocenters. The van der Waals surface area contributed by atoms with E-state index >= 15 is 0 Å². The Balaban J connectivity index is 1.27. The van der Waals surface area contributed by atoms with Gasteiger partial charge in [-0.25, -0.2) is 9.97 Å². The lowest BCUT2D eigenvalue weighted by atomic mass is 10.1. The van der Waals surface area contributed by atoms with Gasteiger partial charge in [-0.2, -0.15) is 5.10 Å². The lowest BCUT2D eigenvalue weighted by molar-refractivity contribution is -0.118. The summed E-state index contributed by atoms with van der Waals surface area (Å²) in [6, 6.07) is 8.28. The van der Waals surface area contributed by atoms with Crippen molar-refractivity contribution < 1.29 is 14.2 Å². The zero-order valence-electron chi connectivity index (χ0n) is 20.3. The van der Waals surface area contributed by atoms with Crippen LogP contribution in [0.2, 0.25) is 0 Å². The zero-order valence-corrected chi connectivity index (χ0v) is 20.3. The van der Waals surface area contributed by atoms with Crippen LogP contribution < -0.4 is 10.1 Å². The van der Waals surface area contributed by atoms with Crippen molar-refractivity contribution in [2.45, 2.75) is 25.2 Å². The van der Waals surface area contributed by atoms with Crippen molar-refractivity contribution in [3.63, 3.8) is 0 Å². The molecule has 184 valence electrons. The first-order valence-corrected chi connectivity index (χ1v) is 11.7. The molecule has 1 aromatic carbocycles. The lowest BCUT2D eigenvalue weighted by Crippen LogP contribution is -2.40. The summed E-state index contributed by atoms with van der Waals surface area (Å²) in [5, 5.41) is 8.02. The predicted octanol–water partition coefficient (Wildman–Crippen LogP) is 3.60. The molecule has 4 heterocycles. The Morgan fingerprint density at radius 1 is 1.03 bits per heavy atom. The number of fused-ring (bicyclic) bond motifs is 1. The fourth-order valence-corrected chi connectivity index (χ4v) is 4.54. The summed E-state index contributed by atoms with van der Waals surface area (Å²) >= 11 is 0. The van der Waals surface area contributed by atoms with Crippen molar-refractivity contribution in [2.24, 2.45) is 0 Å². The normalized spacial score (nSPS) is 15.2. The molecule has 10 heteroatoms. The molecule has 1 aliphatic heterocycles. The van der Waals surface area contributed by atoms with Crippen LogP contribution in [0.1, 0.15) is 18.9 Å². The van der Waals surface area contributed by atoms with Crippen LogP contribution in [0.3, 0.4) is 0 Å². The van der Waals surface area contributed by atoms with Gasteiger partial charge in [0.2, 0.25) is 0 Å². The first kappa shape index (κ1) is 23.3. The number of likely N-dealkylation sites (tertiary alicyclic amines) is 1. The lowest BCUT2D eigenvalue weighted by Gasteiger charge is -2.33.